The molecule has 0 aromatic heterocycles. The van der Waals surface area contributed by atoms with E-state index in [1.165, 1.54) is 0 Å². The van der Waals surface area contributed by atoms with Gasteiger partial charge in [-0.25, -0.2) is 0 Å². The van der Waals surface area contributed by atoms with Crippen LogP contribution in [-0.4, -0.2) is 31.6 Å². The maximum atomic E-state index is 3.72. The predicted octanol–water partition coefficient (Wildman–Crippen LogP) is -0.107. The summed E-state index contributed by atoms with van der Waals surface area (Å²) in [6, 6.07) is 0. The Morgan fingerprint density at radius 1 is 2.00 bits per heavy atom. The quantitative estimate of drug-likeness (QED) is 0.533. The summed E-state index contributed by atoms with van der Waals surface area (Å²) in [5, 5.41) is 0. The first-order valence-corrected chi connectivity index (χ1v) is 2.59. The average Bonchev–Trinajstić information content (AvgIpc) is 1.37. The molecule has 0 amide bonds. The van der Waals surface area contributed by atoms with Gasteiger partial charge in [-0.15, -0.1) is 0 Å². The van der Waals surface area contributed by atoms with Crippen molar-refractivity contribution in [3.63, 3.8) is 0 Å². The van der Waals surface area contributed by atoms with E-state index < -0.39 is 0 Å². The van der Waals surface area contributed by atoms with E-state index in [1.54, 1.807) is 6.21 Å². The molecular formula is C2H5NPo. The van der Waals surface area contributed by atoms with Gasteiger partial charge in [-0.1, -0.05) is 0 Å². The first-order valence-electron chi connectivity index (χ1n) is 1.04. The van der Waals surface area contributed by atoms with Gasteiger partial charge in [0.2, 0.25) is 0 Å². The van der Waals surface area contributed by atoms with Crippen molar-refractivity contribution in [2.75, 3.05) is 0 Å². The summed E-state index contributed by atoms with van der Waals surface area (Å²) < 4.78 is 3.72. The molecule has 0 bridgehead atoms. The van der Waals surface area contributed by atoms with E-state index in [2.05, 4.69) is 2.89 Å². The fourth-order valence-corrected chi connectivity index (χ4v) is 0. The molecular weight excluding hydrogens is 247 g/mol. The van der Waals surface area contributed by atoms with E-state index in [9.17, 15) is 0 Å². The van der Waals surface area contributed by atoms with Crippen molar-refractivity contribution >= 4 is 31.6 Å². The average molecular weight is 252 g/mol. The van der Waals surface area contributed by atoms with Crippen LogP contribution in [0.2, 0.25) is 0 Å². The van der Waals surface area contributed by atoms with Crippen molar-refractivity contribution in [3.8, 4) is 0 Å². The molecule has 24 valence electrons. The standard InChI is InChI=1S/C2H4N.Po.H/c1-2-3;;/h2H,1H3;;/q-1;+1;. The number of rotatable bonds is 0. The molecule has 0 fully saturated rings. The third-order valence-corrected chi connectivity index (χ3v) is 1.01. The van der Waals surface area contributed by atoms with Gasteiger partial charge in [-0.2, -0.15) is 0 Å². The molecule has 0 aliphatic carbocycles. The number of nitrogens with zero attached hydrogens (tertiary/aromatic N) is 1. The first-order chi connectivity index (χ1) is 1.91. The zero-order valence-corrected chi connectivity index (χ0v) is 5.95. The Labute approximate surface area is 41.7 Å². The van der Waals surface area contributed by atoms with E-state index in [-0.39, 0.29) is 0 Å². The number of hydrogen-bond donors (Lipinski definition) is 0. The summed E-state index contributed by atoms with van der Waals surface area (Å²) in [5.74, 6) is 0. The van der Waals surface area contributed by atoms with Gasteiger partial charge in [0.25, 0.3) is 0 Å². The van der Waals surface area contributed by atoms with E-state index in [1.807, 2.05) is 6.92 Å². The molecule has 0 saturated heterocycles. The van der Waals surface area contributed by atoms with Crippen LogP contribution < -0.4 is 0 Å². The van der Waals surface area contributed by atoms with Crippen LogP contribution in [0, 0.1) is 0 Å². The normalized spacial score (nSPS) is 9.50. The van der Waals surface area contributed by atoms with Gasteiger partial charge in [-0.05, 0) is 0 Å². The van der Waals surface area contributed by atoms with E-state index in [0.717, 1.165) is 25.4 Å². The Balaban J connectivity index is 2.55. The van der Waals surface area contributed by atoms with Crippen molar-refractivity contribution in [1.29, 1.82) is 0 Å². The summed E-state index contributed by atoms with van der Waals surface area (Å²) in [7, 11) is 0. The van der Waals surface area contributed by atoms with Crippen LogP contribution in [0.25, 0.3) is 0 Å². The van der Waals surface area contributed by atoms with Crippen LogP contribution in [0.15, 0.2) is 2.89 Å². The van der Waals surface area contributed by atoms with Gasteiger partial charge < -0.3 is 0 Å². The van der Waals surface area contributed by atoms with Crippen LogP contribution in [0.3, 0.4) is 0 Å². The van der Waals surface area contributed by atoms with Crippen LogP contribution in [0.4, 0.5) is 0 Å². The predicted molar refractivity (Wildman–Crippen MR) is 21.3 cm³/mol. The van der Waals surface area contributed by atoms with Gasteiger partial charge in [0.1, 0.15) is 0 Å². The third-order valence-electron chi connectivity index (χ3n) is 0.115. The molecule has 0 unspecified atom stereocenters. The summed E-state index contributed by atoms with van der Waals surface area (Å²) in [6.07, 6.45) is 1.80. The Hall–Kier alpha value is 0.566. The maximum absolute atomic E-state index is 3.72. The summed E-state index contributed by atoms with van der Waals surface area (Å²) in [5.41, 5.74) is 0. The second-order valence-corrected chi connectivity index (χ2v) is 1.27. The van der Waals surface area contributed by atoms with Crippen molar-refractivity contribution in [1.82, 2.24) is 0 Å². The minimum absolute atomic E-state index is 1.12. The van der Waals surface area contributed by atoms with Crippen molar-refractivity contribution < 1.29 is 0 Å². The fourth-order valence-electron chi connectivity index (χ4n) is 0. The molecule has 0 aromatic carbocycles. The van der Waals surface area contributed by atoms with Gasteiger partial charge in [0.05, 0.1) is 0 Å². The topological polar surface area (TPSA) is 12.4 Å². The Morgan fingerprint density at radius 3 is 2.25 bits per heavy atom. The second kappa shape index (κ2) is 3.57. The molecule has 1 nitrogen and oxygen atoms in total. The Bertz CT molecular complexity index is 21.2. The monoisotopic (exact) mass is 252 g/mol. The Morgan fingerprint density at radius 2 is 2.25 bits per heavy atom. The van der Waals surface area contributed by atoms with Gasteiger partial charge in [-0.3, -0.25) is 0 Å². The van der Waals surface area contributed by atoms with Crippen molar-refractivity contribution in [2.24, 2.45) is 2.89 Å². The summed E-state index contributed by atoms with van der Waals surface area (Å²) >= 11 is 1.12. The molecule has 0 saturated carbocycles. The molecule has 0 atom stereocenters. The molecule has 0 radical (unpaired) electrons. The Kier molecular flexibility index (Phi) is 4.07. The van der Waals surface area contributed by atoms with Crippen molar-refractivity contribution in [3.05, 3.63) is 0 Å². The zero-order valence-electron chi connectivity index (χ0n) is 2.47. The third kappa shape index (κ3) is 2.57. The van der Waals surface area contributed by atoms with Gasteiger partial charge in [0.15, 0.2) is 0 Å². The minimum atomic E-state index is 1.12. The number of hydrogen-bond acceptors (Lipinski definition) is 1. The van der Waals surface area contributed by atoms with Crippen molar-refractivity contribution in [2.45, 2.75) is 6.92 Å². The van der Waals surface area contributed by atoms with Crippen LogP contribution in [-0.2, 0) is 0 Å². The van der Waals surface area contributed by atoms with Gasteiger partial charge in [0, 0.05) is 0 Å². The fraction of sp³-hybridized carbons (Fsp3) is 0.500. The van der Waals surface area contributed by atoms with Crippen LogP contribution in [0.1, 0.15) is 6.92 Å². The van der Waals surface area contributed by atoms with E-state index in [0.29, 0.717) is 0 Å². The molecule has 0 heterocycles. The SMILES string of the molecule is CC=[N][PoH]. The second-order valence-electron chi connectivity index (χ2n) is 0.374. The molecule has 0 aliphatic rings. The molecule has 2 heteroatoms. The molecule has 0 N–H and O–H groups in total. The van der Waals surface area contributed by atoms with E-state index in [4.69, 9.17) is 0 Å². The van der Waals surface area contributed by atoms with Crippen LogP contribution in [0.5, 0.6) is 0 Å². The molecule has 0 aliphatic heterocycles. The summed E-state index contributed by atoms with van der Waals surface area (Å²) in [4.78, 5) is 0. The van der Waals surface area contributed by atoms with Gasteiger partial charge >= 0.3 is 41.4 Å². The van der Waals surface area contributed by atoms with E-state index >= 15 is 0 Å². The molecule has 4 heavy (non-hydrogen) atoms. The molecule has 0 spiro atoms. The molecule has 0 aromatic rings. The zero-order chi connectivity index (χ0) is 3.41. The summed E-state index contributed by atoms with van der Waals surface area (Å²) in [6.45, 7) is 1.92. The van der Waals surface area contributed by atoms with Crippen LogP contribution >= 0.6 is 0 Å². The molecule has 0 rings (SSSR count). The first kappa shape index (κ1) is 4.57.